The normalized spacial score (nSPS) is 11.0. The maximum atomic E-state index is 13.1. The van der Waals surface area contributed by atoms with Gasteiger partial charge in [0.2, 0.25) is 0 Å². The quantitative estimate of drug-likeness (QED) is 0.686. The van der Waals surface area contributed by atoms with Crippen LogP contribution in [0.2, 0.25) is 5.02 Å². The summed E-state index contributed by atoms with van der Waals surface area (Å²) in [6, 6.07) is 10.3. The van der Waals surface area contributed by atoms with E-state index in [0.29, 0.717) is 11.4 Å². The first-order chi connectivity index (χ1) is 8.72. The molecule has 3 rings (SSSR count). The number of rotatable bonds is 2. The van der Waals surface area contributed by atoms with Gasteiger partial charge >= 0.3 is 0 Å². The zero-order valence-electron chi connectivity index (χ0n) is 9.48. The van der Waals surface area contributed by atoms with Gasteiger partial charge in [-0.3, -0.25) is 0 Å². The molecule has 0 amide bonds. The lowest BCUT2D eigenvalue weighted by atomic mass is 10.1. The first-order valence-electron chi connectivity index (χ1n) is 5.58. The van der Waals surface area contributed by atoms with E-state index in [4.69, 9.17) is 11.6 Å². The maximum absolute atomic E-state index is 13.1. The van der Waals surface area contributed by atoms with Gasteiger partial charge < -0.3 is 4.40 Å². The molecule has 0 saturated heterocycles. The Morgan fingerprint density at radius 1 is 1.22 bits per heavy atom. The van der Waals surface area contributed by atoms with Crippen LogP contribution in [0.25, 0.3) is 5.52 Å². The second-order valence-corrected chi connectivity index (χ2v) is 4.56. The lowest BCUT2D eigenvalue weighted by Gasteiger charge is -2.02. The Labute approximate surface area is 109 Å². The van der Waals surface area contributed by atoms with Crippen LogP contribution < -0.4 is 0 Å². The predicted molar refractivity (Wildman–Crippen MR) is 69.4 cm³/mol. The summed E-state index contributed by atoms with van der Waals surface area (Å²) in [4.78, 5) is 4.34. The largest absolute Gasteiger partial charge is 0.302 e. The van der Waals surface area contributed by atoms with Crippen molar-refractivity contribution in [2.75, 3.05) is 0 Å². The number of halogens is 2. The molecule has 0 aliphatic carbocycles. The van der Waals surface area contributed by atoms with Crippen molar-refractivity contribution < 1.29 is 4.39 Å². The van der Waals surface area contributed by atoms with Gasteiger partial charge in [0, 0.05) is 12.6 Å². The Bertz CT molecular complexity index is 706. The fourth-order valence-corrected chi connectivity index (χ4v) is 2.14. The molecule has 1 aromatic carbocycles. The average Bonchev–Trinajstić information content (AvgIpc) is 2.72. The molecule has 3 aromatic rings. The smallest absolute Gasteiger partial charge is 0.123 e. The fraction of sp³-hybridized carbons (Fsp3) is 0.0714. The van der Waals surface area contributed by atoms with Gasteiger partial charge in [0.05, 0.1) is 16.7 Å². The summed E-state index contributed by atoms with van der Waals surface area (Å²) < 4.78 is 15.0. The topological polar surface area (TPSA) is 17.3 Å². The Kier molecular flexibility index (Phi) is 2.76. The molecular formula is C14H10ClFN2. The molecule has 0 unspecified atom stereocenters. The second kappa shape index (κ2) is 4.42. The van der Waals surface area contributed by atoms with E-state index in [1.807, 2.05) is 28.8 Å². The molecule has 0 aliphatic rings. The van der Waals surface area contributed by atoms with Gasteiger partial charge in [0.1, 0.15) is 11.6 Å². The Balaban J connectivity index is 2.02. The number of benzene rings is 1. The van der Waals surface area contributed by atoms with Crippen LogP contribution in [-0.4, -0.2) is 9.38 Å². The van der Waals surface area contributed by atoms with Gasteiger partial charge in [-0.25, -0.2) is 9.37 Å². The van der Waals surface area contributed by atoms with Crippen molar-refractivity contribution in [2.45, 2.75) is 6.42 Å². The van der Waals surface area contributed by atoms with Gasteiger partial charge in [-0.05, 0) is 29.8 Å². The lowest BCUT2D eigenvalue weighted by molar-refractivity contribution is 0.625. The van der Waals surface area contributed by atoms with E-state index in [0.717, 1.165) is 16.9 Å². The van der Waals surface area contributed by atoms with E-state index in [-0.39, 0.29) is 5.82 Å². The molecule has 0 spiro atoms. The zero-order valence-corrected chi connectivity index (χ0v) is 10.2. The monoisotopic (exact) mass is 260 g/mol. The van der Waals surface area contributed by atoms with Crippen molar-refractivity contribution in [3.8, 4) is 0 Å². The van der Waals surface area contributed by atoms with Crippen LogP contribution in [0.1, 0.15) is 11.4 Å². The van der Waals surface area contributed by atoms with Gasteiger partial charge in [-0.1, -0.05) is 23.7 Å². The summed E-state index contributed by atoms with van der Waals surface area (Å²) >= 11 is 5.97. The highest BCUT2D eigenvalue weighted by atomic mass is 35.5. The SMILES string of the molecule is Fc1cccc(Cc2ncc3ccc(Cl)cn23)c1. The maximum Gasteiger partial charge on any atom is 0.123 e. The van der Waals surface area contributed by atoms with E-state index < -0.39 is 0 Å². The van der Waals surface area contributed by atoms with Crippen molar-refractivity contribution in [3.63, 3.8) is 0 Å². The molecule has 0 bridgehead atoms. The Hall–Kier alpha value is -1.87. The number of hydrogen-bond donors (Lipinski definition) is 0. The summed E-state index contributed by atoms with van der Waals surface area (Å²) in [5.41, 5.74) is 1.87. The fourth-order valence-electron chi connectivity index (χ4n) is 1.98. The van der Waals surface area contributed by atoms with E-state index in [9.17, 15) is 4.39 Å². The molecule has 18 heavy (non-hydrogen) atoms. The highest BCUT2D eigenvalue weighted by molar-refractivity contribution is 6.30. The van der Waals surface area contributed by atoms with Crippen LogP contribution in [0, 0.1) is 5.82 Å². The van der Waals surface area contributed by atoms with Crippen LogP contribution in [-0.2, 0) is 6.42 Å². The second-order valence-electron chi connectivity index (χ2n) is 4.12. The molecule has 2 aromatic heterocycles. The molecule has 0 atom stereocenters. The Morgan fingerprint density at radius 2 is 2.11 bits per heavy atom. The molecule has 4 heteroatoms. The molecule has 0 N–H and O–H groups in total. The zero-order chi connectivity index (χ0) is 12.5. The first kappa shape index (κ1) is 11.2. The van der Waals surface area contributed by atoms with Crippen molar-refractivity contribution >= 4 is 17.1 Å². The number of imidazole rings is 1. The van der Waals surface area contributed by atoms with Crippen LogP contribution in [0.5, 0.6) is 0 Å². The number of fused-ring (bicyclic) bond motifs is 1. The number of hydrogen-bond acceptors (Lipinski definition) is 1. The number of nitrogens with zero attached hydrogens (tertiary/aromatic N) is 2. The molecule has 0 saturated carbocycles. The number of pyridine rings is 1. The van der Waals surface area contributed by atoms with E-state index >= 15 is 0 Å². The average molecular weight is 261 g/mol. The third-order valence-electron chi connectivity index (χ3n) is 2.82. The summed E-state index contributed by atoms with van der Waals surface area (Å²) in [6.45, 7) is 0. The highest BCUT2D eigenvalue weighted by Crippen LogP contribution is 2.16. The molecule has 0 aliphatic heterocycles. The summed E-state index contributed by atoms with van der Waals surface area (Å²) in [5, 5.41) is 0.654. The number of aromatic nitrogens is 2. The van der Waals surface area contributed by atoms with Crippen molar-refractivity contribution in [1.82, 2.24) is 9.38 Å². The van der Waals surface area contributed by atoms with Crippen LogP contribution in [0.4, 0.5) is 4.39 Å². The van der Waals surface area contributed by atoms with Crippen molar-refractivity contribution in [3.05, 3.63) is 71.0 Å². The van der Waals surface area contributed by atoms with Crippen LogP contribution in [0.15, 0.2) is 48.8 Å². The molecular weight excluding hydrogens is 251 g/mol. The van der Waals surface area contributed by atoms with Gasteiger partial charge in [-0.2, -0.15) is 0 Å². The van der Waals surface area contributed by atoms with Gasteiger partial charge in [-0.15, -0.1) is 0 Å². The molecule has 2 nitrogen and oxygen atoms in total. The minimum atomic E-state index is -0.230. The molecule has 0 fully saturated rings. The highest BCUT2D eigenvalue weighted by Gasteiger charge is 2.05. The van der Waals surface area contributed by atoms with Gasteiger partial charge in [0.15, 0.2) is 0 Å². The Morgan fingerprint density at radius 3 is 2.94 bits per heavy atom. The van der Waals surface area contributed by atoms with Crippen LogP contribution in [0.3, 0.4) is 0 Å². The van der Waals surface area contributed by atoms with E-state index in [1.54, 1.807) is 12.3 Å². The molecule has 0 radical (unpaired) electrons. The van der Waals surface area contributed by atoms with Crippen molar-refractivity contribution in [1.29, 1.82) is 0 Å². The molecule has 2 heterocycles. The summed E-state index contributed by atoms with van der Waals surface area (Å²) in [6.07, 6.45) is 4.18. The summed E-state index contributed by atoms with van der Waals surface area (Å²) in [7, 11) is 0. The van der Waals surface area contributed by atoms with Crippen molar-refractivity contribution in [2.24, 2.45) is 0 Å². The lowest BCUT2D eigenvalue weighted by Crippen LogP contribution is -1.96. The predicted octanol–water partition coefficient (Wildman–Crippen LogP) is 3.72. The third-order valence-corrected chi connectivity index (χ3v) is 3.04. The van der Waals surface area contributed by atoms with E-state index in [1.165, 1.54) is 12.1 Å². The first-order valence-corrected chi connectivity index (χ1v) is 5.96. The van der Waals surface area contributed by atoms with E-state index in [2.05, 4.69) is 4.98 Å². The van der Waals surface area contributed by atoms with Gasteiger partial charge in [0.25, 0.3) is 0 Å². The molecule has 90 valence electrons. The minimum absolute atomic E-state index is 0.230. The third kappa shape index (κ3) is 2.09. The summed E-state index contributed by atoms with van der Waals surface area (Å²) in [5.74, 6) is 0.615. The standard InChI is InChI=1S/C14H10ClFN2/c15-11-4-5-13-8-17-14(18(13)9-11)7-10-2-1-3-12(16)6-10/h1-6,8-9H,7H2. The minimum Gasteiger partial charge on any atom is -0.302 e. The van der Waals surface area contributed by atoms with Crippen LogP contribution >= 0.6 is 11.6 Å².